The van der Waals surface area contributed by atoms with E-state index < -0.39 is 10.8 Å². The number of allylic oxidation sites excluding steroid dienone is 1. The number of rotatable bonds is 5. The first kappa shape index (κ1) is 22.2. The molecule has 0 spiro atoms. The van der Waals surface area contributed by atoms with E-state index in [9.17, 15) is 4.21 Å². The third-order valence-electron chi connectivity index (χ3n) is 6.72. The van der Waals surface area contributed by atoms with Gasteiger partial charge in [0.15, 0.2) is 0 Å². The number of aryl methyl sites for hydroxylation is 2. The third-order valence-corrected chi connectivity index (χ3v) is 7.94. The van der Waals surface area contributed by atoms with Gasteiger partial charge in [0.1, 0.15) is 0 Å². The van der Waals surface area contributed by atoms with Crippen molar-refractivity contribution >= 4 is 16.5 Å². The molecule has 2 aliphatic rings. The van der Waals surface area contributed by atoms with Gasteiger partial charge in [0.25, 0.3) is 0 Å². The summed E-state index contributed by atoms with van der Waals surface area (Å²) in [5, 5.41) is 20.0. The number of hydrogen-bond donors (Lipinski definition) is 0. The maximum absolute atomic E-state index is 13.3. The Bertz CT molecular complexity index is 1130. The van der Waals surface area contributed by atoms with Gasteiger partial charge in [0.2, 0.25) is 0 Å². The lowest BCUT2D eigenvalue weighted by atomic mass is 10.0. The Hall–Kier alpha value is -2.61. The van der Waals surface area contributed by atoms with Crippen LogP contribution in [0.4, 0.5) is 0 Å². The first-order valence-corrected chi connectivity index (χ1v) is 13.5. The third kappa shape index (κ3) is 5.16. The first-order chi connectivity index (χ1) is 16.3. The molecule has 0 saturated heterocycles. The largest absolute Gasteiger partial charge is 0.250 e. The van der Waals surface area contributed by atoms with E-state index in [0.29, 0.717) is 6.54 Å². The van der Waals surface area contributed by atoms with Crippen LogP contribution in [0, 0.1) is 0 Å². The van der Waals surface area contributed by atoms with Crippen LogP contribution in [0.25, 0.3) is 5.70 Å². The van der Waals surface area contributed by atoms with Crippen molar-refractivity contribution in [1.82, 2.24) is 30.0 Å². The monoisotopic (exact) mass is 464 g/mol. The van der Waals surface area contributed by atoms with Gasteiger partial charge in [-0.15, -0.1) is 10.2 Å². The predicted octanol–water partition coefficient (Wildman–Crippen LogP) is 4.49. The zero-order valence-electron chi connectivity index (χ0n) is 19.2. The second-order valence-electron chi connectivity index (χ2n) is 9.08. The molecule has 0 fully saturated rings. The molecule has 0 radical (unpaired) electrons. The SMILES string of the molecule is O=S(/C=C(\Cn1nnc2c1CCCCCC2)n1nnc2c1CCCCCC2)c1ccccc1. The number of benzene rings is 1. The molecule has 8 heteroatoms. The van der Waals surface area contributed by atoms with Crippen LogP contribution in [0.2, 0.25) is 0 Å². The van der Waals surface area contributed by atoms with Crippen LogP contribution in [-0.4, -0.2) is 34.2 Å². The van der Waals surface area contributed by atoms with Crippen LogP contribution in [0.1, 0.15) is 74.1 Å². The standard InChI is InChI=1S/C25H32N6OS/c32-33(21-12-6-5-7-13-21)19-20(31-25-17-11-4-2-9-15-23(25)27-29-31)18-30-24-16-10-3-1-8-14-22(24)26-28-30/h5-7,12-13,19H,1-4,8-11,14-18H2/b20-19+. The maximum Gasteiger partial charge on any atom is 0.0863 e. The van der Waals surface area contributed by atoms with E-state index in [0.717, 1.165) is 72.6 Å². The second kappa shape index (κ2) is 10.5. The quantitative estimate of drug-likeness (QED) is 0.556. The van der Waals surface area contributed by atoms with Crippen LogP contribution >= 0.6 is 0 Å². The summed E-state index contributed by atoms with van der Waals surface area (Å²) in [6.45, 7) is 0.497. The fraction of sp³-hybridized carbons (Fsp3) is 0.520. The van der Waals surface area contributed by atoms with Crippen molar-refractivity contribution in [2.24, 2.45) is 0 Å². The lowest BCUT2D eigenvalue weighted by Gasteiger charge is -2.16. The Kier molecular flexibility index (Phi) is 7.09. The van der Waals surface area contributed by atoms with Gasteiger partial charge in [-0.1, -0.05) is 54.3 Å². The first-order valence-electron chi connectivity index (χ1n) is 12.3. The van der Waals surface area contributed by atoms with Crippen molar-refractivity contribution in [2.75, 3.05) is 0 Å². The fourth-order valence-corrected chi connectivity index (χ4v) is 5.88. The van der Waals surface area contributed by atoms with Crippen molar-refractivity contribution in [1.29, 1.82) is 0 Å². The van der Waals surface area contributed by atoms with Gasteiger partial charge in [0, 0.05) is 10.3 Å². The minimum Gasteiger partial charge on any atom is -0.250 e. The lowest BCUT2D eigenvalue weighted by molar-refractivity contribution is 0.568. The molecule has 3 aromatic rings. The van der Waals surface area contributed by atoms with E-state index in [1.54, 1.807) is 0 Å². The molecule has 0 amide bonds. The predicted molar refractivity (Wildman–Crippen MR) is 129 cm³/mol. The summed E-state index contributed by atoms with van der Waals surface area (Å²) in [7, 11) is -1.29. The lowest BCUT2D eigenvalue weighted by Crippen LogP contribution is -2.16. The van der Waals surface area contributed by atoms with Crippen LogP contribution in [0.3, 0.4) is 0 Å². The van der Waals surface area contributed by atoms with Crippen molar-refractivity contribution in [3.05, 3.63) is 58.5 Å². The molecule has 2 heterocycles. The highest BCUT2D eigenvalue weighted by molar-refractivity contribution is 7.88. The zero-order valence-corrected chi connectivity index (χ0v) is 20.0. The molecule has 0 saturated carbocycles. The normalized spacial score (nSPS) is 18.4. The van der Waals surface area contributed by atoms with E-state index in [1.807, 2.05) is 45.1 Å². The molecule has 0 aliphatic heterocycles. The van der Waals surface area contributed by atoms with Gasteiger partial charge in [-0.3, -0.25) is 0 Å². The summed E-state index contributed by atoms with van der Waals surface area (Å²) in [4.78, 5) is 0.784. The molecule has 1 unspecified atom stereocenters. The summed E-state index contributed by atoms with van der Waals surface area (Å²) >= 11 is 0. The molecule has 1 aromatic carbocycles. The van der Waals surface area contributed by atoms with Gasteiger partial charge in [0.05, 0.1) is 45.8 Å². The highest BCUT2D eigenvalue weighted by Gasteiger charge is 2.21. The van der Waals surface area contributed by atoms with Crippen molar-refractivity contribution in [3.63, 3.8) is 0 Å². The molecular weight excluding hydrogens is 432 g/mol. The van der Waals surface area contributed by atoms with Gasteiger partial charge in [-0.05, 0) is 63.5 Å². The summed E-state index contributed by atoms with van der Waals surface area (Å²) in [5.41, 5.74) is 5.44. The molecule has 2 aliphatic carbocycles. The molecule has 2 aromatic heterocycles. The molecular formula is C25H32N6OS. The van der Waals surface area contributed by atoms with E-state index in [1.165, 1.54) is 37.8 Å². The summed E-state index contributed by atoms with van der Waals surface area (Å²) in [5.74, 6) is 0. The molecule has 33 heavy (non-hydrogen) atoms. The Balaban J connectivity index is 1.53. The van der Waals surface area contributed by atoms with Gasteiger partial charge < -0.3 is 0 Å². The minimum atomic E-state index is -1.29. The molecule has 174 valence electrons. The van der Waals surface area contributed by atoms with Gasteiger partial charge >= 0.3 is 0 Å². The zero-order chi connectivity index (χ0) is 22.5. The Morgan fingerprint density at radius 2 is 1.39 bits per heavy atom. The van der Waals surface area contributed by atoms with Crippen LogP contribution in [0.5, 0.6) is 0 Å². The molecule has 5 rings (SSSR count). The highest BCUT2D eigenvalue weighted by atomic mass is 32.2. The van der Waals surface area contributed by atoms with Gasteiger partial charge in [-0.25, -0.2) is 13.6 Å². The summed E-state index contributed by atoms with van der Waals surface area (Å²) in [6.07, 6.45) is 13.5. The smallest absolute Gasteiger partial charge is 0.0863 e. The highest BCUT2D eigenvalue weighted by Crippen LogP contribution is 2.24. The molecule has 1 atom stereocenters. The average Bonchev–Trinajstić information content (AvgIpc) is 3.36. The van der Waals surface area contributed by atoms with Gasteiger partial charge in [-0.2, -0.15) is 0 Å². The second-order valence-corrected chi connectivity index (χ2v) is 10.4. The summed E-state index contributed by atoms with van der Waals surface area (Å²) in [6, 6.07) is 9.60. The molecule has 7 nitrogen and oxygen atoms in total. The van der Waals surface area contributed by atoms with E-state index >= 15 is 0 Å². The van der Waals surface area contributed by atoms with Crippen molar-refractivity contribution in [2.45, 2.75) is 88.5 Å². The van der Waals surface area contributed by atoms with E-state index in [-0.39, 0.29) is 0 Å². The Labute approximate surface area is 197 Å². The molecule has 0 bridgehead atoms. The van der Waals surface area contributed by atoms with Crippen LogP contribution < -0.4 is 0 Å². The number of aromatic nitrogens is 6. The summed E-state index contributed by atoms with van der Waals surface area (Å²) < 4.78 is 17.2. The Morgan fingerprint density at radius 3 is 2.12 bits per heavy atom. The average molecular weight is 465 g/mol. The topological polar surface area (TPSA) is 78.5 Å². The van der Waals surface area contributed by atoms with Crippen LogP contribution in [0.15, 0.2) is 40.6 Å². The van der Waals surface area contributed by atoms with Crippen molar-refractivity contribution in [3.8, 4) is 0 Å². The fourth-order valence-electron chi connectivity index (χ4n) is 4.90. The van der Waals surface area contributed by atoms with E-state index in [4.69, 9.17) is 0 Å². The Morgan fingerprint density at radius 1 is 0.788 bits per heavy atom. The number of fused-ring (bicyclic) bond motifs is 2. The number of hydrogen-bond acceptors (Lipinski definition) is 5. The van der Waals surface area contributed by atoms with Crippen molar-refractivity contribution < 1.29 is 4.21 Å². The number of nitrogens with zero attached hydrogens (tertiary/aromatic N) is 6. The van der Waals surface area contributed by atoms with Crippen LogP contribution in [-0.2, 0) is 43.0 Å². The maximum atomic E-state index is 13.3. The van der Waals surface area contributed by atoms with E-state index in [2.05, 4.69) is 20.6 Å². The molecule has 0 N–H and O–H groups in total. The minimum absolute atomic E-state index is 0.497.